The van der Waals surface area contributed by atoms with Crippen molar-refractivity contribution in [3.05, 3.63) is 65.7 Å². The fourth-order valence-corrected chi connectivity index (χ4v) is 2.75. The monoisotopic (exact) mass is 280 g/mol. The molecule has 0 amide bonds. The molecule has 1 aromatic carbocycles. The van der Waals surface area contributed by atoms with E-state index >= 15 is 0 Å². The summed E-state index contributed by atoms with van der Waals surface area (Å²) in [6.07, 6.45) is 4.63. The second-order valence-corrected chi connectivity index (χ2v) is 5.10. The fourth-order valence-electron chi connectivity index (χ4n) is 2.75. The summed E-state index contributed by atoms with van der Waals surface area (Å²) in [5.41, 5.74) is 3.41. The third-order valence-electron chi connectivity index (χ3n) is 3.77. The maximum absolute atomic E-state index is 5.59. The Bertz CT molecular complexity index is 733. The number of aromatic nitrogens is 1. The molecule has 2 aromatic heterocycles. The van der Waals surface area contributed by atoms with Crippen LogP contribution in [-0.4, -0.2) is 11.5 Å². The summed E-state index contributed by atoms with van der Waals surface area (Å²) in [6.45, 7) is 5.13. The van der Waals surface area contributed by atoms with Gasteiger partial charge in [-0.25, -0.2) is 0 Å². The molecule has 0 bridgehead atoms. The number of fused-ring (bicyclic) bond motifs is 1. The SMILES string of the molecule is CCNC(c1cnc2ccccc2c1)c1ccoc1CC. The van der Waals surface area contributed by atoms with E-state index in [0.29, 0.717) is 0 Å². The van der Waals surface area contributed by atoms with E-state index < -0.39 is 0 Å². The third kappa shape index (κ3) is 2.69. The van der Waals surface area contributed by atoms with Crippen molar-refractivity contribution < 1.29 is 4.42 Å². The van der Waals surface area contributed by atoms with E-state index in [1.165, 1.54) is 16.5 Å². The van der Waals surface area contributed by atoms with E-state index in [0.717, 1.165) is 24.2 Å². The summed E-state index contributed by atoms with van der Waals surface area (Å²) in [5, 5.41) is 4.71. The van der Waals surface area contributed by atoms with E-state index in [1.807, 2.05) is 24.4 Å². The summed E-state index contributed by atoms with van der Waals surface area (Å²) >= 11 is 0. The van der Waals surface area contributed by atoms with Crippen LogP contribution in [0.1, 0.15) is 36.8 Å². The maximum Gasteiger partial charge on any atom is 0.108 e. The van der Waals surface area contributed by atoms with Gasteiger partial charge in [-0.05, 0) is 30.3 Å². The Hall–Kier alpha value is -2.13. The Morgan fingerprint density at radius 1 is 1.19 bits per heavy atom. The Morgan fingerprint density at radius 3 is 2.86 bits per heavy atom. The minimum atomic E-state index is 0.126. The molecular formula is C18H20N2O. The summed E-state index contributed by atoms with van der Waals surface area (Å²) in [6, 6.07) is 12.6. The van der Waals surface area contributed by atoms with Crippen LogP contribution in [-0.2, 0) is 6.42 Å². The number of aryl methyl sites for hydroxylation is 1. The highest BCUT2D eigenvalue weighted by molar-refractivity contribution is 5.79. The van der Waals surface area contributed by atoms with Crippen molar-refractivity contribution in [2.75, 3.05) is 6.54 Å². The average molecular weight is 280 g/mol. The second-order valence-electron chi connectivity index (χ2n) is 5.10. The van der Waals surface area contributed by atoms with Crippen LogP contribution in [0.3, 0.4) is 0 Å². The molecule has 2 heterocycles. The molecule has 3 rings (SSSR count). The first-order valence-corrected chi connectivity index (χ1v) is 7.47. The molecule has 0 spiro atoms. The molecule has 3 nitrogen and oxygen atoms in total. The largest absolute Gasteiger partial charge is 0.469 e. The van der Waals surface area contributed by atoms with Gasteiger partial charge in [0.05, 0.1) is 17.8 Å². The first kappa shape index (κ1) is 13.8. The van der Waals surface area contributed by atoms with Crippen LogP contribution < -0.4 is 5.32 Å². The number of rotatable bonds is 5. The summed E-state index contributed by atoms with van der Waals surface area (Å²) < 4.78 is 5.59. The molecule has 108 valence electrons. The van der Waals surface area contributed by atoms with Crippen molar-refractivity contribution in [1.82, 2.24) is 10.3 Å². The fraction of sp³-hybridized carbons (Fsp3) is 0.278. The maximum atomic E-state index is 5.59. The van der Waals surface area contributed by atoms with Crippen LogP contribution in [0, 0.1) is 0 Å². The lowest BCUT2D eigenvalue weighted by molar-refractivity contribution is 0.502. The Morgan fingerprint density at radius 2 is 2.05 bits per heavy atom. The van der Waals surface area contributed by atoms with Gasteiger partial charge < -0.3 is 9.73 Å². The van der Waals surface area contributed by atoms with Crippen molar-refractivity contribution in [2.45, 2.75) is 26.3 Å². The van der Waals surface area contributed by atoms with Gasteiger partial charge in [0.2, 0.25) is 0 Å². The van der Waals surface area contributed by atoms with Crippen molar-refractivity contribution in [2.24, 2.45) is 0 Å². The minimum Gasteiger partial charge on any atom is -0.469 e. The van der Waals surface area contributed by atoms with Crippen LogP contribution in [0.5, 0.6) is 0 Å². The number of benzene rings is 1. The topological polar surface area (TPSA) is 38.1 Å². The molecule has 3 heteroatoms. The van der Waals surface area contributed by atoms with Gasteiger partial charge in [0.25, 0.3) is 0 Å². The summed E-state index contributed by atoms with van der Waals surface area (Å²) in [5.74, 6) is 1.04. The zero-order valence-corrected chi connectivity index (χ0v) is 12.5. The van der Waals surface area contributed by atoms with Gasteiger partial charge in [-0.1, -0.05) is 32.0 Å². The Labute approximate surface area is 125 Å². The lowest BCUT2D eigenvalue weighted by atomic mass is 9.98. The zero-order valence-electron chi connectivity index (χ0n) is 12.5. The molecule has 0 aliphatic heterocycles. The number of nitrogens with one attached hydrogen (secondary N) is 1. The van der Waals surface area contributed by atoms with Gasteiger partial charge in [0.1, 0.15) is 5.76 Å². The van der Waals surface area contributed by atoms with E-state index in [2.05, 4.69) is 42.3 Å². The molecular weight excluding hydrogens is 260 g/mol. The van der Waals surface area contributed by atoms with Crippen molar-refractivity contribution in [3.63, 3.8) is 0 Å². The van der Waals surface area contributed by atoms with E-state index in [-0.39, 0.29) is 6.04 Å². The van der Waals surface area contributed by atoms with Crippen LogP contribution in [0.25, 0.3) is 10.9 Å². The standard InChI is InChI=1S/C18H20N2O/c1-3-17-15(9-10-21-17)18(19-4-2)14-11-13-7-5-6-8-16(13)20-12-14/h5-12,18-19H,3-4H2,1-2H3. The molecule has 21 heavy (non-hydrogen) atoms. The number of nitrogens with zero attached hydrogens (tertiary/aromatic N) is 1. The molecule has 1 unspecified atom stereocenters. The molecule has 1 N–H and O–H groups in total. The Balaban J connectivity index is 2.06. The number of furan rings is 1. The van der Waals surface area contributed by atoms with Gasteiger partial charge >= 0.3 is 0 Å². The van der Waals surface area contributed by atoms with Crippen molar-refractivity contribution in [1.29, 1.82) is 0 Å². The molecule has 0 radical (unpaired) electrons. The third-order valence-corrected chi connectivity index (χ3v) is 3.77. The highest BCUT2D eigenvalue weighted by Gasteiger charge is 2.18. The average Bonchev–Trinajstić information content (AvgIpc) is 3.00. The van der Waals surface area contributed by atoms with Gasteiger partial charge in [-0.2, -0.15) is 0 Å². The predicted molar refractivity (Wildman–Crippen MR) is 85.3 cm³/mol. The van der Waals surface area contributed by atoms with Gasteiger partial charge in [-0.3, -0.25) is 4.98 Å². The van der Waals surface area contributed by atoms with Crippen molar-refractivity contribution >= 4 is 10.9 Å². The van der Waals surface area contributed by atoms with Gasteiger partial charge in [0.15, 0.2) is 0 Å². The van der Waals surface area contributed by atoms with Gasteiger partial charge in [0, 0.05) is 23.6 Å². The molecule has 0 fully saturated rings. The van der Waals surface area contributed by atoms with Crippen LogP contribution in [0.2, 0.25) is 0 Å². The molecule has 0 aliphatic rings. The number of para-hydroxylation sites is 1. The van der Waals surface area contributed by atoms with Crippen molar-refractivity contribution in [3.8, 4) is 0 Å². The number of hydrogen-bond donors (Lipinski definition) is 1. The second kappa shape index (κ2) is 6.10. The lowest BCUT2D eigenvalue weighted by Gasteiger charge is -2.18. The van der Waals surface area contributed by atoms with E-state index in [9.17, 15) is 0 Å². The molecule has 0 saturated carbocycles. The molecule has 3 aromatic rings. The number of hydrogen-bond acceptors (Lipinski definition) is 3. The van der Waals surface area contributed by atoms with Crippen LogP contribution in [0.4, 0.5) is 0 Å². The quantitative estimate of drug-likeness (QED) is 0.765. The van der Waals surface area contributed by atoms with E-state index in [4.69, 9.17) is 4.42 Å². The van der Waals surface area contributed by atoms with E-state index in [1.54, 1.807) is 6.26 Å². The first-order valence-electron chi connectivity index (χ1n) is 7.47. The minimum absolute atomic E-state index is 0.126. The van der Waals surface area contributed by atoms with Crippen LogP contribution in [0.15, 0.2) is 53.3 Å². The summed E-state index contributed by atoms with van der Waals surface area (Å²) in [7, 11) is 0. The highest BCUT2D eigenvalue weighted by atomic mass is 16.3. The predicted octanol–water partition coefficient (Wildman–Crippen LogP) is 4.09. The molecule has 1 atom stereocenters. The normalized spacial score (nSPS) is 12.7. The number of pyridine rings is 1. The lowest BCUT2D eigenvalue weighted by Crippen LogP contribution is -2.22. The molecule has 0 saturated heterocycles. The summed E-state index contributed by atoms with van der Waals surface area (Å²) in [4.78, 5) is 4.58. The first-order chi connectivity index (χ1) is 10.3. The van der Waals surface area contributed by atoms with Gasteiger partial charge in [-0.15, -0.1) is 0 Å². The smallest absolute Gasteiger partial charge is 0.108 e. The zero-order chi connectivity index (χ0) is 14.7. The van der Waals surface area contributed by atoms with Crippen LogP contribution >= 0.6 is 0 Å². The highest BCUT2D eigenvalue weighted by Crippen LogP contribution is 2.27. The molecule has 0 aliphatic carbocycles. The Kier molecular flexibility index (Phi) is 4.02.